The predicted octanol–water partition coefficient (Wildman–Crippen LogP) is 3.34. The van der Waals surface area contributed by atoms with Crippen LogP contribution in [0.2, 0.25) is 0 Å². The van der Waals surface area contributed by atoms with Crippen molar-refractivity contribution in [1.29, 1.82) is 0 Å². The van der Waals surface area contributed by atoms with Crippen molar-refractivity contribution in [3.8, 4) is 0 Å². The number of anilines is 3. The van der Waals surface area contributed by atoms with E-state index in [2.05, 4.69) is 10.6 Å². The van der Waals surface area contributed by atoms with Crippen LogP contribution in [-0.4, -0.2) is 24.4 Å². The summed E-state index contributed by atoms with van der Waals surface area (Å²) in [6.45, 7) is 6.13. The van der Waals surface area contributed by atoms with E-state index >= 15 is 0 Å². The van der Waals surface area contributed by atoms with E-state index in [4.69, 9.17) is 0 Å². The molecule has 0 radical (unpaired) electrons. The second-order valence-corrected chi connectivity index (χ2v) is 6.49. The molecule has 0 unspecified atom stereocenters. The summed E-state index contributed by atoms with van der Waals surface area (Å²) in [5, 5.41) is 6.16. The standard InChI is InChI=1S/C20H23N3O2/c1-13-5-4-6-17(11-13)22-20(25)14(2)21-18-7-8-19-16(12-18)9-10-23(19)15(3)24/h4-8,11-12,14,21H,9-10H2,1-3H3,(H,22,25)/t14-/m0/s1. The smallest absolute Gasteiger partial charge is 0.246 e. The van der Waals surface area contributed by atoms with Gasteiger partial charge in [0.15, 0.2) is 0 Å². The van der Waals surface area contributed by atoms with Crippen LogP contribution in [0.5, 0.6) is 0 Å². The molecule has 2 aromatic rings. The first-order valence-electron chi connectivity index (χ1n) is 8.49. The summed E-state index contributed by atoms with van der Waals surface area (Å²) in [6, 6.07) is 13.2. The van der Waals surface area contributed by atoms with E-state index in [1.165, 1.54) is 0 Å². The number of benzene rings is 2. The SMILES string of the molecule is CC(=O)N1CCc2cc(N[C@@H](C)C(=O)Nc3cccc(C)c3)ccc21. The molecule has 1 heterocycles. The highest BCUT2D eigenvalue weighted by atomic mass is 16.2. The first-order chi connectivity index (χ1) is 11.9. The normalized spacial score (nSPS) is 14.0. The van der Waals surface area contributed by atoms with Crippen molar-refractivity contribution >= 4 is 28.9 Å². The first-order valence-corrected chi connectivity index (χ1v) is 8.49. The minimum absolute atomic E-state index is 0.0605. The molecule has 2 amide bonds. The van der Waals surface area contributed by atoms with Crippen LogP contribution in [0.1, 0.15) is 25.0 Å². The number of hydrogen-bond acceptors (Lipinski definition) is 3. The number of nitrogens with zero attached hydrogens (tertiary/aromatic N) is 1. The highest BCUT2D eigenvalue weighted by Crippen LogP contribution is 2.30. The average molecular weight is 337 g/mol. The van der Waals surface area contributed by atoms with E-state index in [-0.39, 0.29) is 17.9 Å². The summed E-state index contributed by atoms with van der Waals surface area (Å²) < 4.78 is 0. The van der Waals surface area contributed by atoms with Gasteiger partial charge in [0.05, 0.1) is 0 Å². The molecule has 0 saturated heterocycles. The van der Waals surface area contributed by atoms with E-state index in [9.17, 15) is 9.59 Å². The van der Waals surface area contributed by atoms with Crippen molar-refractivity contribution in [2.75, 3.05) is 22.1 Å². The summed E-state index contributed by atoms with van der Waals surface area (Å²) in [5.74, 6) is -0.0261. The maximum Gasteiger partial charge on any atom is 0.246 e. The monoisotopic (exact) mass is 337 g/mol. The number of carbonyl (C=O) groups is 2. The zero-order valence-electron chi connectivity index (χ0n) is 14.8. The van der Waals surface area contributed by atoms with Crippen LogP contribution < -0.4 is 15.5 Å². The maximum absolute atomic E-state index is 12.4. The second kappa shape index (κ2) is 6.97. The average Bonchev–Trinajstić information content (AvgIpc) is 2.98. The third-order valence-electron chi connectivity index (χ3n) is 4.42. The Morgan fingerprint density at radius 3 is 2.64 bits per heavy atom. The number of rotatable bonds is 4. The number of aryl methyl sites for hydroxylation is 1. The number of nitrogens with one attached hydrogen (secondary N) is 2. The summed E-state index contributed by atoms with van der Waals surface area (Å²) >= 11 is 0. The lowest BCUT2D eigenvalue weighted by atomic mass is 10.1. The minimum atomic E-state index is -0.371. The molecule has 1 atom stereocenters. The van der Waals surface area contributed by atoms with Gasteiger partial charge in [0.2, 0.25) is 11.8 Å². The molecule has 5 nitrogen and oxygen atoms in total. The molecule has 130 valence electrons. The van der Waals surface area contributed by atoms with Crippen molar-refractivity contribution in [2.24, 2.45) is 0 Å². The van der Waals surface area contributed by atoms with E-state index in [1.807, 2.05) is 56.3 Å². The van der Waals surface area contributed by atoms with E-state index in [0.29, 0.717) is 0 Å². The van der Waals surface area contributed by atoms with Crippen LogP contribution in [0.4, 0.5) is 17.1 Å². The Kier molecular flexibility index (Phi) is 4.74. The molecular formula is C20H23N3O2. The molecule has 3 rings (SSSR count). The molecule has 0 aliphatic carbocycles. The van der Waals surface area contributed by atoms with Gasteiger partial charge in [-0.25, -0.2) is 0 Å². The third kappa shape index (κ3) is 3.82. The largest absolute Gasteiger partial charge is 0.374 e. The molecule has 0 bridgehead atoms. The summed E-state index contributed by atoms with van der Waals surface area (Å²) in [7, 11) is 0. The number of amides is 2. The second-order valence-electron chi connectivity index (χ2n) is 6.49. The van der Waals surface area contributed by atoms with E-state index in [0.717, 1.165) is 41.2 Å². The Labute approximate surface area is 148 Å². The topological polar surface area (TPSA) is 61.4 Å². The fraction of sp³-hybridized carbons (Fsp3) is 0.300. The number of carbonyl (C=O) groups excluding carboxylic acids is 2. The fourth-order valence-electron chi connectivity index (χ4n) is 3.11. The van der Waals surface area contributed by atoms with Gasteiger partial charge in [0.1, 0.15) is 6.04 Å². The van der Waals surface area contributed by atoms with Gasteiger partial charge < -0.3 is 15.5 Å². The highest BCUT2D eigenvalue weighted by Gasteiger charge is 2.22. The highest BCUT2D eigenvalue weighted by molar-refractivity contribution is 5.97. The molecule has 0 saturated carbocycles. The molecule has 1 aliphatic heterocycles. The molecule has 0 spiro atoms. The molecule has 5 heteroatoms. The van der Waals surface area contributed by atoms with Crippen LogP contribution in [0.3, 0.4) is 0 Å². The van der Waals surface area contributed by atoms with Crippen molar-refractivity contribution in [3.63, 3.8) is 0 Å². The molecule has 0 aromatic heterocycles. The van der Waals surface area contributed by atoms with Crippen molar-refractivity contribution in [3.05, 3.63) is 53.6 Å². The third-order valence-corrected chi connectivity index (χ3v) is 4.42. The minimum Gasteiger partial charge on any atom is -0.374 e. The van der Waals surface area contributed by atoms with Gasteiger partial charge in [-0.3, -0.25) is 9.59 Å². The number of hydrogen-bond donors (Lipinski definition) is 2. The van der Waals surface area contributed by atoms with Crippen molar-refractivity contribution in [1.82, 2.24) is 0 Å². The van der Waals surface area contributed by atoms with Gasteiger partial charge in [-0.05, 0) is 61.7 Å². The van der Waals surface area contributed by atoms with Gasteiger partial charge in [-0.15, -0.1) is 0 Å². The van der Waals surface area contributed by atoms with Gasteiger partial charge >= 0.3 is 0 Å². The Balaban J connectivity index is 1.66. The van der Waals surface area contributed by atoms with Gasteiger partial charge in [0, 0.05) is 30.5 Å². The van der Waals surface area contributed by atoms with Crippen LogP contribution in [-0.2, 0) is 16.0 Å². The molecule has 2 N–H and O–H groups in total. The summed E-state index contributed by atoms with van der Waals surface area (Å²) in [4.78, 5) is 25.8. The predicted molar refractivity (Wildman–Crippen MR) is 101 cm³/mol. The molecule has 0 fully saturated rings. The Morgan fingerprint density at radius 1 is 1.12 bits per heavy atom. The number of fused-ring (bicyclic) bond motifs is 1. The molecule has 2 aromatic carbocycles. The van der Waals surface area contributed by atoms with E-state index < -0.39 is 0 Å². The van der Waals surface area contributed by atoms with Gasteiger partial charge in [-0.1, -0.05) is 12.1 Å². The summed E-state index contributed by atoms with van der Waals surface area (Å²) in [5.41, 5.74) is 4.88. The Bertz CT molecular complexity index is 816. The van der Waals surface area contributed by atoms with Crippen LogP contribution >= 0.6 is 0 Å². The lowest BCUT2D eigenvalue weighted by Gasteiger charge is -2.18. The van der Waals surface area contributed by atoms with Crippen LogP contribution in [0.15, 0.2) is 42.5 Å². The van der Waals surface area contributed by atoms with Crippen LogP contribution in [0, 0.1) is 6.92 Å². The molecule has 25 heavy (non-hydrogen) atoms. The van der Waals surface area contributed by atoms with Crippen molar-refractivity contribution in [2.45, 2.75) is 33.2 Å². The first kappa shape index (κ1) is 17.0. The maximum atomic E-state index is 12.4. The zero-order valence-corrected chi connectivity index (χ0v) is 14.8. The van der Waals surface area contributed by atoms with Gasteiger partial charge in [0.25, 0.3) is 0 Å². The van der Waals surface area contributed by atoms with Crippen LogP contribution in [0.25, 0.3) is 0 Å². The lowest BCUT2D eigenvalue weighted by Crippen LogP contribution is -2.31. The Morgan fingerprint density at radius 2 is 1.92 bits per heavy atom. The Hall–Kier alpha value is -2.82. The van der Waals surface area contributed by atoms with E-state index in [1.54, 1.807) is 11.8 Å². The fourth-order valence-corrected chi connectivity index (χ4v) is 3.11. The summed E-state index contributed by atoms with van der Waals surface area (Å²) in [6.07, 6.45) is 0.842. The zero-order chi connectivity index (χ0) is 18.0. The van der Waals surface area contributed by atoms with Crippen molar-refractivity contribution < 1.29 is 9.59 Å². The molecular weight excluding hydrogens is 314 g/mol. The van der Waals surface area contributed by atoms with Gasteiger partial charge in [-0.2, -0.15) is 0 Å². The lowest BCUT2D eigenvalue weighted by molar-refractivity contribution is -0.117. The molecule has 1 aliphatic rings. The quantitative estimate of drug-likeness (QED) is 0.899.